The topological polar surface area (TPSA) is 87.6 Å². The van der Waals surface area contributed by atoms with Gasteiger partial charge in [0.05, 0.1) is 25.5 Å². The van der Waals surface area contributed by atoms with Gasteiger partial charge in [-0.25, -0.2) is 4.39 Å². The van der Waals surface area contributed by atoms with E-state index in [9.17, 15) is 9.18 Å². The van der Waals surface area contributed by atoms with Gasteiger partial charge >= 0.3 is 5.97 Å². The predicted octanol–water partition coefficient (Wildman–Crippen LogP) is 4.39. The van der Waals surface area contributed by atoms with Crippen LogP contribution >= 0.6 is 0 Å². The number of esters is 1. The number of hydrogen-bond acceptors (Lipinski definition) is 6. The zero-order valence-corrected chi connectivity index (χ0v) is 16.9. The van der Waals surface area contributed by atoms with E-state index < -0.39 is 5.82 Å². The highest BCUT2D eigenvalue weighted by Gasteiger charge is 2.16. The highest BCUT2D eigenvalue weighted by Crippen LogP contribution is 2.33. The third-order valence-corrected chi connectivity index (χ3v) is 5.01. The van der Waals surface area contributed by atoms with Gasteiger partial charge in [-0.15, -0.1) is 0 Å². The zero-order valence-electron chi connectivity index (χ0n) is 16.9. The van der Waals surface area contributed by atoms with Gasteiger partial charge in [-0.1, -0.05) is 18.2 Å². The largest absolute Gasteiger partial charge is 0.489 e. The molecule has 0 saturated carbocycles. The number of aromatic nitrogens is 1. The van der Waals surface area contributed by atoms with E-state index in [0.29, 0.717) is 22.5 Å². The molecule has 0 radical (unpaired) electrons. The average molecular weight is 420 g/mol. The Morgan fingerprint density at radius 2 is 2.00 bits per heavy atom. The fourth-order valence-electron chi connectivity index (χ4n) is 3.45. The summed E-state index contributed by atoms with van der Waals surface area (Å²) in [5.74, 6) is -0.220. The normalized spacial score (nSPS) is 10.9. The number of nitrogens with two attached hydrogens (primary N) is 1. The molecule has 0 bridgehead atoms. The number of pyridine rings is 1. The maximum Gasteiger partial charge on any atom is 0.310 e. The molecule has 2 N–H and O–H groups in total. The van der Waals surface area contributed by atoms with Crippen LogP contribution in [0.25, 0.3) is 22.1 Å². The standard InChI is InChI=1S/C24H21FN2O4/c1-29-23(28)12-16-4-2-3-5-21(16)31-14-15-10-19(17-7-9-30-22(17)11-15)18-6-8-27-20(13-26)24(18)25/h2-11H,12-14,26H2,1H3. The summed E-state index contributed by atoms with van der Waals surface area (Å²) in [5, 5.41) is 0.780. The molecule has 2 aromatic heterocycles. The van der Waals surface area contributed by atoms with Crippen LogP contribution in [0.5, 0.6) is 5.75 Å². The van der Waals surface area contributed by atoms with Gasteiger partial charge in [0.15, 0.2) is 5.82 Å². The highest BCUT2D eigenvalue weighted by atomic mass is 19.1. The molecule has 0 spiro atoms. The molecule has 2 aromatic carbocycles. The number of hydrogen-bond donors (Lipinski definition) is 1. The quantitative estimate of drug-likeness (QED) is 0.446. The van der Waals surface area contributed by atoms with E-state index in [1.54, 1.807) is 30.7 Å². The van der Waals surface area contributed by atoms with Gasteiger partial charge < -0.3 is 19.6 Å². The molecule has 0 aliphatic rings. The van der Waals surface area contributed by atoms with E-state index in [-0.39, 0.29) is 31.2 Å². The van der Waals surface area contributed by atoms with Crippen molar-refractivity contribution in [1.82, 2.24) is 4.98 Å². The van der Waals surface area contributed by atoms with Crippen LogP contribution in [0.2, 0.25) is 0 Å². The van der Waals surface area contributed by atoms with Crippen molar-refractivity contribution in [1.29, 1.82) is 0 Å². The second kappa shape index (κ2) is 8.97. The molecule has 0 atom stereocenters. The summed E-state index contributed by atoms with van der Waals surface area (Å²) in [4.78, 5) is 15.7. The van der Waals surface area contributed by atoms with Gasteiger partial charge in [0.25, 0.3) is 0 Å². The lowest BCUT2D eigenvalue weighted by Gasteiger charge is -2.13. The molecule has 6 nitrogen and oxygen atoms in total. The van der Waals surface area contributed by atoms with Crippen molar-refractivity contribution in [2.75, 3.05) is 7.11 Å². The number of fused-ring (bicyclic) bond motifs is 1. The van der Waals surface area contributed by atoms with Crippen molar-refractivity contribution >= 4 is 16.9 Å². The van der Waals surface area contributed by atoms with Crippen LogP contribution in [-0.4, -0.2) is 18.1 Å². The van der Waals surface area contributed by atoms with Gasteiger partial charge in [0, 0.05) is 29.3 Å². The first-order valence-corrected chi connectivity index (χ1v) is 9.72. The number of para-hydroxylation sites is 1. The van der Waals surface area contributed by atoms with Gasteiger partial charge in [-0.05, 0) is 41.5 Å². The summed E-state index contributed by atoms with van der Waals surface area (Å²) in [6.45, 7) is 0.215. The van der Waals surface area contributed by atoms with Crippen molar-refractivity contribution in [3.05, 3.63) is 83.6 Å². The average Bonchev–Trinajstić information content (AvgIpc) is 3.27. The Hall–Kier alpha value is -3.71. The number of ether oxygens (including phenoxy) is 2. The minimum Gasteiger partial charge on any atom is -0.489 e. The van der Waals surface area contributed by atoms with Crippen molar-refractivity contribution in [2.24, 2.45) is 5.73 Å². The molecule has 31 heavy (non-hydrogen) atoms. The molecule has 0 aliphatic heterocycles. The van der Waals surface area contributed by atoms with Crippen LogP contribution in [0.1, 0.15) is 16.8 Å². The summed E-state index contributed by atoms with van der Waals surface area (Å²) in [5.41, 5.74) is 9.01. The predicted molar refractivity (Wildman–Crippen MR) is 114 cm³/mol. The lowest BCUT2D eigenvalue weighted by Crippen LogP contribution is -2.07. The molecule has 4 aromatic rings. The van der Waals surface area contributed by atoms with Crippen molar-refractivity contribution in [2.45, 2.75) is 19.6 Å². The van der Waals surface area contributed by atoms with E-state index in [0.717, 1.165) is 16.5 Å². The Labute approximate surface area is 178 Å². The molecule has 7 heteroatoms. The molecule has 0 amide bonds. The second-order valence-electron chi connectivity index (χ2n) is 6.95. The molecule has 158 valence electrons. The SMILES string of the molecule is COC(=O)Cc1ccccc1OCc1cc(-c2ccnc(CN)c2F)c2ccoc2c1. The number of rotatable bonds is 7. The molecule has 0 aliphatic carbocycles. The van der Waals surface area contributed by atoms with Crippen LogP contribution in [0.3, 0.4) is 0 Å². The maximum atomic E-state index is 14.9. The highest BCUT2D eigenvalue weighted by molar-refractivity contribution is 5.94. The van der Waals surface area contributed by atoms with E-state index in [1.165, 1.54) is 7.11 Å². The minimum atomic E-state index is -0.450. The monoisotopic (exact) mass is 420 g/mol. The van der Waals surface area contributed by atoms with Crippen molar-refractivity contribution in [3.63, 3.8) is 0 Å². The van der Waals surface area contributed by atoms with Gasteiger partial charge in [-0.2, -0.15) is 0 Å². The number of carbonyl (C=O) groups is 1. The zero-order chi connectivity index (χ0) is 21.8. The number of furan rings is 1. The summed E-state index contributed by atoms with van der Waals surface area (Å²) in [7, 11) is 1.35. The lowest BCUT2D eigenvalue weighted by molar-refractivity contribution is -0.139. The summed E-state index contributed by atoms with van der Waals surface area (Å²) in [6.07, 6.45) is 3.21. The van der Waals surface area contributed by atoms with E-state index in [4.69, 9.17) is 19.6 Å². The van der Waals surface area contributed by atoms with E-state index in [1.807, 2.05) is 30.3 Å². The third kappa shape index (κ3) is 4.27. The Morgan fingerprint density at radius 1 is 1.16 bits per heavy atom. The molecule has 0 unspecified atom stereocenters. The van der Waals surface area contributed by atoms with Crippen LogP contribution < -0.4 is 10.5 Å². The smallest absolute Gasteiger partial charge is 0.310 e. The lowest BCUT2D eigenvalue weighted by atomic mass is 9.99. The van der Waals surface area contributed by atoms with Crippen molar-refractivity contribution in [3.8, 4) is 16.9 Å². The molecule has 0 fully saturated rings. The molecule has 2 heterocycles. The van der Waals surface area contributed by atoms with Gasteiger partial charge in [-0.3, -0.25) is 9.78 Å². The number of halogens is 1. The van der Waals surface area contributed by atoms with Crippen LogP contribution in [0.15, 0.2) is 65.4 Å². The third-order valence-electron chi connectivity index (χ3n) is 5.01. The number of benzene rings is 2. The van der Waals surface area contributed by atoms with Gasteiger partial charge in [0.2, 0.25) is 0 Å². The number of methoxy groups -OCH3 is 1. The van der Waals surface area contributed by atoms with Gasteiger partial charge in [0.1, 0.15) is 17.9 Å². The summed E-state index contributed by atoms with van der Waals surface area (Å²) in [6, 6.07) is 14.4. The Bertz CT molecular complexity index is 1240. The first-order chi connectivity index (χ1) is 15.1. The first-order valence-electron chi connectivity index (χ1n) is 9.72. The van der Waals surface area contributed by atoms with E-state index >= 15 is 0 Å². The van der Waals surface area contributed by atoms with E-state index in [2.05, 4.69) is 4.98 Å². The number of carbonyl (C=O) groups excluding carboxylic acids is 1. The molecular weight excluding hydrogens is 399 g/mol. The minimum absolute atomic E-state index is 0.00792. The fourth-order valence-corrected chi connectivity index (χ4v) is 3.45. The Balaban J connectivity index is 1.68. The molecule has 4 rings (SSSR count). The summed E-state index contributed by atoms with van der Waals surface area (Å²) < 4.78 is 31.2. The molecule has 0 saturated heterocycles. The Kier molecular flexibility index (Phi) is 5.95. The fraction of sp³-hybridized carbons (Fsp3) is 0.167. The van der Waals surface area contributed by atoms with Crippen LogP contribution in [-0.2, 0) is 29.1 Å². The second-order valence-corrected chi connectivity index (χ2v) is 6.95. The maximum absolute atomic E-state index is 14.9. The molecular formula is C24H21FN2O4. The Morgan fingerprint density at radius 3 is 2.81 bits per heavy atom. The van der Waals surface area contributed by atoms with Crippen LogP contribution in [0.4, 0.5) is 4.39 Å². The number of nitrogens with zero attached hydrogens (tertiary/aromatic N) is 1. The van der Waals surface area contributed by atoms with Crippen molar-refractivity contribution < 1.29 is 23.1 Å². The van der Waals surface area contributed by atoms with Crippen LogP contribution in [0, 0.1) is 5.82 Å². The summed E-state index contributed by atoms with van der Waals surface area (Å²) >= 11 is 0. The first kappa shape index (κ1) is 20.6.